The van der Waals surface area contributed by atoms with Crippen LogP contribution in [0.15, 0.2) is 28.1 Å². The highest BCUT2D eigenvalue weighted by Gasteiger charge is 2.27. The molecular formula is C16H11ClN2O6S. The molecule has 2 heterocycles. The van der Waals surface area contributed by atoms with Gasteiger partial charge in [-0.3, -0.25) is 4.79 Å². The summed E-state index contributed by atoms with van der Waals surface area (Å²) < 4.78 is 5.02. The number of carboxylic acids is 1. The van der Waals surface area contributed by atoms with Crippen molar-refractivity contribution in [3.05, 3.63) is 44.7 Å². The van der Waals surface area contributed by atoms with E-state index in [-0.39, 0.29) is 27.8 Å². The number of carbonyl (C=O) groups excluding carboxylic acids is 1. The summed E-state index contributed by atoms with van der Waals surface area (Å²) in [5.41, 5.74) is -0.0811. The number of nitrogens with one attached hydrogen (secondary N) is 1. The summed E-state index contributed by atoms with van der Waals surface area (Å²) in [6.07, 6.45) is 0. The molecule has 0 saturated heterocycles. The number of carboxylic acid groups (broad SMARTS) is 1. The van der Waals surface area contributed by atoms with Gasteiger partial charge in [0.25, 0.3) is 5.91 Å². The van der Waals surface area contributed by atoms with Gasteiger partial charge in [-0.15, -0.1) is 11.3 Å². The number of aryl methyl sites for hydroxylation is 1. The normalized spacial score (nSPS) is 10.7. The van der Waals surface area contributed by atoms with Crippen LogP contribution in [0, 0.1) is 6.92 Å². The van der Waals surface area contributed by atoms with E-state index in [1.807, 2.05) is 0 Å². The molecule has 3 rings (SSSR count). The summed E-state index contributed by atoms with van der Waals surface area (Å²) in [5.74, 6) is -2.98. The van der Waals surface area contributed by atoms with E-state index in [0.717, 1.165) is 11.6 Å². The van der Waals surface area contributed by atoms with Crippen molar-refractivity contribution in [2.75, 3.05) is 5.32 Å². The highest BCUT2D eigenvalue weighted by molar-refractivity contribution is 7.12. The van der Waals surface area contributed by atoms with Crippen LogP contribution in [0.1, 0.15) is 25.7 Å². The van der Waals surface area contributed by atoms with E-state index in [2.05, 4.69) is 10.5 Å². The lowest BCUT2D eigenvalue weighted by Crippen LogP contribution is -2.14. The van der Waals surface area contributed by atoms with Gasteiger partial charge in [0.2, 0.25) is 5.69 Å². The summed E-state index contributed by atoms with van der Waals surface area (Å²) in [7, 11) is 0. The first-order chi connectivity index (χ1) is 12.3. The third-order valence-corrected chi connectivity index (χ3v) is 4.83. The van der Waals surface area contributed by atoms with Crippen molar-refractivity contribution < 1.29 is 29.4 Å². The highest BCUT2D eigenvalue weighted by atomic mass is 35.5. The number of phenols is 2. The lowest BCUT2D eigenvalue weighted by molar-refractivity contribution is 0.0687. The summed E-state index contributed by atoms with van der Waals surface area (Å²) in [6, 6.07) is 3.89. The van der Waals surface area contributed by atoms with Crippen LogP contribution in [-0.2, 0) is 0 Å². The summed E-state index contributed by atoms with van der Waals surface area (Å²) >= 11 is 7.03. The quantitative estimate of drug-likeness (QED) is 0.529. The number of rotatable bonds is 4. The van der Waals surface area contributed by atoms with Crippen molar-refractivity contribution in [1.82, 2.24) is 5.16 Å². The Balaban J connectivity index is 2.11. The average molecular weight is 395 g/mol. The van der Waals surface area contributed by atoms with E-state index in [4.69, 9.17) is 16.1 Å². The molecule has 0 aliphatic carbocycles. The number of hydrogen-bond donors (Lipinski definition) is 4. The molecule has 0 aliphatic rings. The van der Waals surface area contributed by atoms with Gasteiger partial charge in [0.15, 0.2) is 5.76 Å². The van der Waals surface area contributed by atoms with Crippen molar-refractivity contribution in [1.29, 1.82) is 0 Å². The molecule has 2 aromatic heterocycles. The summed E-state index contributed by atoms with van der Waals surface area (Å²) in [5, 5.41) is 36.4. The second-order valence-corrected chi connectivity index (χ2v) is 6.57. The second kappa shape index (κ2) is 6.70. The van der Waals surface area contributed by atoms with Crippen LogP contribution in [0.4, 0.5) is 5.69 Å². The Hall–Kier alpha value is -3.04. The molecule has 0 bridgehead atoms. The Bertz CT molecular complexity index is 1030. The van der Waals surface area contributed by atoms with E-state index in [0.29, 0.717) is 4.88 Å². The van der Waals surface area contributed by atoms with Gasteiger partial charge in [0.1, 0.15) is 17.2 Å². The van der Waals surface area contributed by atoms with E-state index in [1.165, 1.54) is 17.4 Å². The molecule has 1 aromatic carbocycles. The van der Waals surface area contributed by atoms with Gasteiger partial charge in [-0.25, -0.2) is 4.79 Å². The monoisotopic (exact) mass is 394 g/mol. The predicted octanol–water partition coefficient (Wildman–Crippen LogP) is 3.73. The maximum atomic E-state index is 12.5. The first-order valence-corrected chi connectivity index (χ1v) is 8.35. The number of anilines is 1. The number of aromatic nitrogens is 1. The van der Waals surface area contributed by atoms with Crippen molar-refractivity contribution in [2.45, 2.75) is 6.92 Å². The molecular weight excluding hydrogens is 384 g/mol. The standard InChI is InChI=1S/C16H11ClN2O6S/c1-6-2-3-26-14(6)15(22)18-11-12(16(23)24)19-25-13(11)7-4-8(17)10(21)5-9(7)20/h2-5,20-21H,1H3,(H,18,22)(H,23,24). The minimum atomic E-state index is -1.43. The number of hydrogen-bond acceptors (Lipinski definition) is 7. The molecule has 0 saturated carbocycles. The van der Waals surface area contributed by atoms with Crippen LogP contribution in [0.5, 0.6) is 11.5 Å². The maximum absolute atomic E-state index is 12.5. The first kappa shape index (κ1) is 17.8. The number of aromatic carboxylic acids is 1. The van der Waals surface area contributed by atoms with Gasteiger partial charge in [-0.1, -0.05) is 16.8 Å². The average Bonchev–Trinajstić information content (AvgIpc) is 3.17. The predicted molar refractivity (Wildman–Crippen MR) is 94.2 cm³/mol. The van der Waals surface area contributed by atoms with Crippen molar-refractivity contribution in [2.24, 2.45) is 0 Å². The molecule has 26 heavy (non-hydrogen) atoms. The topological polar surface area (TPSA) is 133 Å². The second-order valence-electron chi connectivity index (χ2n) is 5.25. The van der Waals surface area contributed by atoms with Gasteiger partial charge in [-0.2, -0.15) is 0 Å². The molecule has 0 fully saturated rings. The van der Waals surface area contributed by atoms with Crippen LogP contribution in [0.3, 0.4) is 0 Å². The third kappa shape index (κ3) is 3.09. The Morgan fingerprint density at radius 3 is 2.62 bits per heavy atom. The molecule has 0 unspecified atom stereocenters. The van der Waals surface area contributed by atoms with Crippen molar-refractivity contribution in [3.63, 3.8) is 0 Å². The number of nitrogens with zero attached hydrogens (tertiary/aromatic N) is 1. The van der Waals surface area contributed by atoms with Gasteiger partial charge in [0, 0.05) is 6.07 Å². The number of thiophene rings is 1. The molecule has 0 atom stereocenters. The van der Waals surface area contributed by atoms with E-state index >= 15 is 0 Å². The zero-order chi connectivity index (χ0) is 19.0. The van der Waals surface area contributed by atoms with Crippen LogP contribution < -0.4 is 5.32 Å². The van der Waals surface area contributed by atoms with Gasteiger partial charge < -0.3 is 25.2 Å². The first-order valence-electron chi connectivity index (χ1n) is 7.09. The smallest absolute Gasteiger partial charge is 0.360 e. The number of aromatic hydroxyl groups is 2. The molecule has 4 N–H and O–H groups in total. The van der Waals surface area contributed by atoms with Gasteiger partial charge in [0.05, 0.1) is 15.5 Å². The van der Waals surface area contributed by atoms with Crippen LogP contribution in [0.25, 0.3) is 11.3 Å². The molecule has 0 spiro atoms. The lowest BCUT2D eigenvalue weighted by Gasteiger charge is -2.08. The lowest BCUT2D eigenvalue weighted by atomic mass is 10.1. The SMILES string of the molecule is Cc1ccsc1C(=O)Nc1c(C(=O)O)noc1-c1cc(Cl)c(O)cc1O. The van der Waals surface area contributed by atoms with Gasteiger partial charge in [-0.05, 0) is 30.0 Å². The Morgan fingerprint density at radius 2 is 2.00 bits per heavy atom. The Kier molecular flexibility index (Phi) is 4.58. The van der Waals surface area contributed by atoms with Gasteiger partial charge >= 0.3 is 5.97 Å². The van der Waals surface area contributed by atoms with Crippen LogP contribution >= 0.6 is 22.9 Å². The molecule has 8 nitrogen and oxygen atoms in total. The van der Waals surface area contributed by atoms with E-state index in [9.17, 15) is 24.9 Å². The molecule has 134 valence electrons. The van der Waals surface area contributed by atoms with Crippen LogP contribution in [0.2, 0.25) is 5.02 Å². The van der Waals surface area contributed by atoms with E-state index in [1.54, 1.807) is 18.4 Å². The zero-order valence-corrected chi connectivity index (χ0v) is 14.7. The summed E-state index contributed by atoms with van der Waals surface area (Å²) in [6.45, 7) is 1.74. The highest BCUT2D eigenvalue weighted by Crippen LogP contribution is 2.41. The van der Waals surface area contributed by atoms with Crippen LogP contribution in [-0.4, -0.2) is 32.4 Å². The minimum absolute atomic E-state index is 0.0361. The zero-order valence-electron chi connectivity index (χ0n) is 13.1. The molecule has 0 aliphatic heterocycles. The Labute approximate surface area is 155 Å². The minimum Gasteiger partial charge on any atom is -0.507 e. The largest absolute Gasteiger partial charge is 0.507 e. The van der Waals surface area contributed by atoms with Crippen molar-refractivity contribution in [3.8, 4) is 22.8 Å². The number of amides is 1. The Morgan fingerprint density at radius 1 is 1.27 bits per heavy atom. The molecule has 10 heteroatoms. The third-order valence-electron chi connectivity index (χ3n) is 3.51. The number of benzene rings is 1. The number of halogens is 1. The molecule has 3 aromatic rings. The summed E-state index contributed by atoms with van der Waals surface area (Å²) in [4.78, 5) is 24.3. The fourth-order valence-electron chi connectivity index (χ4n) is 2.24. The molecule has 1 amide bonds. The van der Waals surface area contributed by atoms with Crippen molar-refractivity contribution >= 4 is 40.5 Å². The number of phenolic OH excluding ortho intramolecular Hbond substituents is 2. The number of carbonyl (C=O) groups is 2. The fraction of sp³-hybridized carbons (Fsp3) is 0.0625. The fourth-order valence-corrected chi connectivity index (χ4v) is 3.23. The molecule has 0 radical (unpaired) electrons. The van der Waals surface area contributed by atoms with E-state index < -0.39 is 23.3 Å². The maximum Gasteiger partial charge on any atom is 0.360 e.